The average Bonchev–Trinajstić information content (AvgIpc) is 2.59. The first-order valence-electron chi connectivity index (χ1n) is 8.47. The average molecular weight is 349 g/mol. The molecule has 1 aliphatic heterocycles. The Morgan fingerprint density at radius 3 is 2.68 bits per heavy atom. The summed E-state index contributed by atoms with van der Waals surface area (Å²) < 4.78 is 0. The molecule has 0 aromatic heterocycles. The highest BCUT2D eigenvalue weighted by Crippen LogP contribution is 2.17. The Balaban J connectivity index is 2.08. The molecule has 0 saturated carbocycles. The summed E-state index contributed by atoms with van der Waals surface area (Å²) in [5, 5.41) is 24.0. The molecule has 7 heteroatoms. The van der Waals surface area contributed by atoms with Crippen molar-refractivity contribution in [2.75, 3.05) is 26.3 Å². The lowest BCUT2D eigenvalue weighted by Crippen LogP contribution is -2.58. The summed E-state index contributed by atoms with van der Waals surface area (Å²) in [5.41, 5.74) is 1.17. The monoisotopic (exact) mass is 349 g/mol. The van der Waals surface area contributed by atoms with E-state index in [0.717, 1.165) is 11.1 Å². The van der Waals surface area contributed by atoms with Gasteiger partial charge >= 0.3 is 0 Å². The van der Waals surface area contributed by atoms with E-state index in [1.165, 1.54) is 0 Å². The molecule has 0 unspecified atom stereocenters. The molecule has 1 aromatic carbocycles. The number of nitrogens with zero attached hydrogens (tertiary/aromatic N) is 1. The molecule has 0 spiro atoms. The van der Waals surface area contributed by atoms with Crippen LogP contribution < -0.4 is 10.6 Å². The molecule has 1 atom stereocenters. The number of hydrogen-bond acceptors (Lipinski definition) is 5. The summed E-state index contributed by atoms with van der Waals surface area (Å²) in [5.74, 6) is -0.549. The van der Waals surface area contributed by atoms with E-state index < -0.39 is 11.6 Å². The molecule has 0 radical (unpaired) electrons. The Morgan fingerprint density at radius 1 is 1.36 bits per heavy atom. The van der Waals surface area contributed by atoms with Gasteiger partial charge in [-0.25, -0.2) is 0 Å². The van der Waals surface area contributed by atoms with Gasteiger partial charge in [-0.2, -0.15) is 0 Å². The fraction of sp³-hybridized carbons (Fsp3) is 0.556. The number of aliphatic hydroxyl groups is 2. The van der Waals surface area contributed by atoms with Crippen LogP contribution in [0.25, 0.3) is 0 Å². The molecule has 4 N–H and O–H groups in total. The number of hydrogen-bond donors (Lipinski definition) is 4. The second-order valence-electron chi connectivity index (χ2n) is 6.83. The number of carbonyl (C=O) groups excluding carboxylic acids is 2. The second kappa shape index (κ2) is 8.42. The lowest BCUT2D eigenvalue weighted by molar-refractivity contribution is -0.135. The van der Waals surface area contributed by atoms with E-state index in [0.29, 0.717) is 19.6 Å². The molecule has 1 heterocycles. The van der Waals surface area contributed by atoms with Gasteiger partial charge in [-0.1, -0.05) is 24.3 Å². The highest BCUT2D eigenvalue weighted by Gasteiger charge is 2.33. The first-order valence-corrected chi connectivity index (χ1v) is 8.47. The van der Waals surface area contributed by atoms with Crippen LogP contribution >= 0.6 is 0 Å². The minimum atomic E-state index is -1.09. The van der Waals surface area contributed by atoms with Crippen molar-refractivity contribution in [2.45, 2.75) is 38.4 Å². The van der Waals surface area contributed by atoms with Crippen molar-refractivity contribution < 1.29 is 19.8 Å². The molecule has 1 fully saturated rings. The smallest absolute Gasteiger partial charge is 0.237 e. The normalized spacial score (nSPS) is 18.7. The zero-order valence-electron chi connectivity index (χ0n) is 14.8. The van der Waals surface area contributed by atoms with Crippen LogP contribution in [-0.4, -0.2) is 64.8 Å². The van der Waals surface area contributed by atoms with Gasteiger partial charge in [0.25, 0.3) is 0 Å². The van der Waals surface area contributed by atoms with Crippen LogP contribution in [0.2, 0.25) is 0 Å². The number of rotatable bonds is 7. The van der Waals surface area contributed by atoms with E-state index >= 15 is 0 Å². The van der Waals surface area contributed by atoms with E-state index in [4.69, 9.17) is 0 Å². The minimum Gasteiger partial charge on any atom is -0.394 e. The van der Waals surface area contributed by atoms with Crippen molar-refractivity contribution in [1.82, 2.24) is 15.5 Å². The van der Waals surface area contributed by atoms with Gasteiger partial charge in [-0.05, 0) is 25.0 Å². The van der Waals surface area contributed by atoms with Crippen LogP contribution in [0.1, 0.15) is 24.5 Å². The molecule has 7 nitrogen and oxygen atoms in total. The van der Waals surface area contributed by atoms with Gasteiger partial charge in [0.1, 0.15) is 0 Å². The molecule has 1 aliphatic rings. The third-order valence-corrected chi connectivity index (χ3v) is 4.59. The molecule has 25 heavy (non-hydrogen) atoms. The van der Waals surface area contributed by atoms with E-state index in [2.05, 4.69) is 10.6 Å². The molecule has 1 saturated heterocycles. The highest BCUT2D eigenvalue weighted by molar-refractivity contribution is 5.89. The van der Waals surface area contributed by atoms with Gasteiger partial charge < -0.3 is 20.8 Å². The molecular formula is C18H27N3O4. The van der Waals surface area contributed by atoms with E-state index in [1.807, 2.05) is 36.1 Å². The maximum atomic E-state index is 12.3. The number of aryl methyl sites for hydroxylation is 1. The van der Waals surface area contributed by atoms with Crippen molar-refractivity contribution in [1.29, 1.82) is 0 Å². The van der Waals surface area contributed by atoms with Crippen LogP contribution in [0.4, 0.5) is 0 Å². The van der Waals surface area contributed by atoms with Gasteiger partial charge in [0.2, 0.25) is 11.8 Å². The fourth-order valence-corrected chi connectivity index (χ4v) is 2.87. The molecule has 2 amide bonds. The van der Waals surface area contributed by atoms with Gasteiger partial charge in [0.15, 0.2) is 0 Å². The number of piperazine rings is 1. The number of carbonyl (C=O) groups is 2. The van der Waals surface area contributed by atoms with Gasteiger partial charge in [-0.3, -0.25) is 14.5 Å². The molecule has 2 rings (SSSR count). The van der Waals surface area contributed by atoms with E-state index in [9.17, 15) is 19.8 Å². The Morgan fingerprint density at radius 2 is 2.04 bits per heavy atom. The second-order valence-corrected chi connectivity index (χ2v) is 6.83. The van der Waals surface area contributed by atoms with Crippen LogP contribution in [0.5, 0.6) is 0 Å². The van der Waals surface area contributed by atoms with Gasteiger partial charge in [0.05, 0.1) is 31.2 Å². The van der Waals surface area contributed by atoms with Crippen molar-refractivity contribution in [3.63, 3.8) is 0 Å². The van der Waals surface area contributed by atoms with Gasteiger partial charge in [0, 0.05) is 19.6 Å². The Hall–Kier alpha value is -1.96. The van der Waals surface area contributed by atoms with Crippen molar-refractivity contribution in [2.24, 2.45) is 0 Å². The maximum Gasteiger partial charge on any atom is 0.237 e. The van der Waals surface area contributed by atoms with Crippen molar-refractivity contribution in [3.8, 4) is 0 Å². The van der Waals surface area contributed by atoms with Crippen LogP contribution in [0.3, 0.4) is 0 Å². The van der Waals surface area contributed by atoms with E-state index in [1.54, 1.807) is 6.92 Å². The number of benzene rings is 1. The van der Waals surface area contributed by atoms with E-state index in [-0.39, 0.29) is 31.4 Å². The minimum absolute atomic E-state index is 0.0205. The topological polar surface area (TPSA) is 102 Å². The number of aliphatic hydroxyl groups excluding tert-OH is 2. The SMILES string of the molecule is Cc1ccccc1CN1CCNC(=O)[C@@H]1CC(=O)NC(C)(CO)CO. The standard InChI is InChI=1S/C18H27N3O4/c1-13-5-3-4-6-14(13)10-21-8-7-19-17(25)15(21)9-16(24)20-18(2,11-22)12-23/h3-6,15,22-23H,7-12H2,1-2H3,(H,19,25)(H,20,24)/t15-/m0/s1. The summed E-state index contributed by atoms with van der Waals surface area (Å²) in [6, 6.07) is 7.40. The predicted molar refractivity (Wildman–Crippen MR) is 93.7 cm³/mol. The summed E-state index contributed by atoms with van der Waals surface area (Å²) in [7, 11) is 0. The fourth-order valence-electron chi connectivity index (χ4n) is 2.87. The summed E-state index contributed by atoms with van der Waals surface area (Å²) in [6.45, 7) is 4.63. The lowest BCUT2D eigenvalue weighted by Gasteiger charge is -2.36. The Kier molecular flexibility index (Phi) is 6.52. The summed E-state index contributed by atoms with van der Waals surface area (Å²) >= 11 is 0. The molecule has 1 aromatic rings. The molecule has 0 bridgehead atoms. The molecule has 0 aliphatic carbocycles. The van der Waals surface area contributed by atoms with Crippen molar-refractivity contribution in [3.05, 3.63) is 35.4 Å². The largest absolute Gasteiger partial charge is 0.394 e. The Labute approximate surface area is 148 Å². The lowest BCUT2D eigenvalue weighted by atomic mass is 10.0. The first-order chi connectivity index (χ1) is 11.9. The zero-order valence-corrected chi connectivity index (χ0v) is 14.8. The number of nitrogens with one attached hydrogen (secondary N) is 2. The molecule has 138 valence electrons. The third kappa shape index (κ3) is 5.01. The predicted octanol–water partition coefficient (Wildman–Crippen LogP) is -0.455. The van der Waals surface area contributed by atoms with Crippen LogP contribution in [-0.2, 0) is 16.1 Å². The van der Waals surface area contributed by atoms with Crippen molar-refractivity contribution >= 4 is 11.8 Å². The quantitative estimate of drug-likeness (QED) is 0.534. The summed E-state index contributed by atoms with van der Waals surface area (Å²) in [4.78, 5) is 26.6. The third-order valence-electron chi connectivity index (χ3n) is 4.59. The highest BCUT2D eigenvalue weighted by atomic mass is 16.3. The zero-order chi connectivity index (χ0) is 18.4. The Bertz CT molecular complexity index is 616. The molecular weight excluding hydrogens is 322 g/mol. The van der Waals surface area contributed by atoms with Gasteiger partial charge in [-0.15, -0.1) is 0 Å². The first kappa shape index (κ1) is 19.4. The maximum absolute atomic E-state index is 12.3. The van der Waals surface area contributed by atoms with Crippen LogP contribution in [0, 0.1) is 6.92 Å². The summed E-state index contributed by atoms with van der Waals surface area (Å²) in [6.07, 6.45) is -0.0205. The number of amides is 2. The van der Waals surface area contributed by atoms with Crippen LogP contribution in [0.15, 0.2) is 24.3 Å².